The van der Waals surface area contributed by atoms with Crippen LogP contribution in [-0.2, 0) is 4.43 Å². The van der Waals surface area contributed by atoms with Gasteiger partial charge in [-0.2, -0.15) is 4.98 Å². The standard InChI is InChI=1S/C32H40N6O2Si/c1-32(2,3)41(23-14-7-5-8-15-23,24-16-9-6-10-17-24)40-28-20-12-11-18-26(28)36-29-25(33)22-35-31(38-29)37-27-19-13-21-34-30(27)39-4/h5-10,13-17,19,21-22,26,28H,11-12,18,20,33H2,1-4H3,(H2,35,36,37,38)/t26-,28-/m0/s1. The molecule has 0 amide bonds. The zero-order chi connectivity index (χ0) is 28.9. The maximum absolute atomic E-state index is 7.55. The highest BCUT2D eigenvalue weighted by atomic mass is 28.4. The summed E-state index contributed by atoms with van der Waals surface area (Å²) >= 11 is 0. The van der Waals surface area contributed by atoms with Crippen molar-refractivity contribution in [2.24, 2.45) is 0 Å². The van der Waals surface area contributed by atoms with E-state index in [1.54, 1.807) is 19.5 Å². The zero-order valence-electron chi connectivity index (χ0n) is 24.3. The summed E-state index contributed by atoms with van der Waals surface area (Å²) in [6.07, 6.45) is 7.45. The van der Waals surface area contributed by atoms with Gasteiger partial charge in [0.05, 0.1) is 31.1 Å². The lowest BCUT2D eigenvalue weighted by Crippen LogP contribution is -2.68. The third kappa shape index (κ3) is 6.06. The highest BCUT2D eigenvalue weighted by Gasteiger charge is 2.52. The quantitative estimate of drug-likeness (QED) is 0.227. The molecule has 0 unspecified atom stereocenters. The second-order valence-corrected chi connectivity index (χ2v) is 15.8. The van der Waals surface area contributed by atoms with E-state index >= 15 is 0 Å². The lowest BCUT2D eigenvalue weighted by atomic mass is 9.92. The summed E-state index contributed by atoms with van der Waals surface area (Å²) in [6.45, 7) is 6.95. The van der Waals surface area contributed by atoms with Gasteiger partial charge in [0.25, 0.3) is 8.32 Å². The van der Waals surface area contributed by atoms with E-state index in [0.29, 0.717) is 29.0 Å². The van der Waals surface area contributed by atoms with Crippen LogP contribution in [0, 0.1) is 0 Å². The maximum Gasteiger partial charge on any atom is 0.261 e. The second kappa shape index (κ2) is 12.3. The van der Waals surface area contributed by atoms with Gasteiger partial charge in [-0.15, -0.1) is 0 Å². The average molecular weight is 569 g/mol. The van der Waals surface area contributed by atoms with Crippen molar-refractivity contribution >= 4 is 41.8 Å². The Kier molecular flexibility index (Phi) is 8.56. The van der Waals surface area contributed by atoms with Crippen LogP contribution in [0.4, 0.5) is 23.1 Å². The van der Waals surface area contributed by atoms with E-state index in [1.165, 1.54) is 10.4 Å². The first-order valence-electron chi connectivity index (χ1n) is 14.3. The monoisotopic (exact) mass is 568 g/mol. The zero-order valence-corrected chi connectivity index (χ0v) is 25.3. The van der Waals surface area contributed by atoms with Crippen LogP contribution in [0.5, 0.6) is 5.88 Å². The van der Waals surface area contributed by atoms with Gasteiger partial charge in [0.15, 0.2) is 5.82 Å². The van der Waals surface area contributed by atoms with Crippen molar-refractivity contribution in [2.45, 2.75) is 63.6 Å². The molecule has 4 N–H and O–H groups in total. The Morgan fingerprint density at radius 1 is 0.878 bits per heavy atom. The van der Waals surface area contributed by atoms with Crippen LogP contribution in [0.1, 0.15) is 46.5 Å². The van der Waals surface area contributed by atoms with Crippen molar-refractivity contribution in [3.8, 4) is 5.88 Å². The molecule has 214 valence electrons. The molecule has 0 aliphatic heterocycles. The lowest BCUT2D eigenvalue weighted by molar-refractivity contribution is 0.129. The van der Waals surface area contributed by atoms with Gasteiger partial charge in [-0.1, -0.05) is 94.3 Å². The second-order valence-electron chi connectivity index (χ2n) is 11.5. The molecule has 1 aliphatic carbocycles. The van der Waals surface area contributed by atoms with E-state index in [0.717, 1.165) is 25.7 Å². The number of benzene rings is 2. The van der Waals surface area contributed by atoms with Crippen molar-refractivity contribution in [3.05, 3.63) is 85.2 Å². The minimum Gasteiger partial charge on any atom is -0.480 e. The average Bonchev–Trinajstić information content (AvgIpc) is 2.99. The predicted octanol–water partition coefficient (Wildman–Crippen LogP) is 5.51. The molecule has 2 heterocycles. The first-order valence-corrected chi connectivity index (χ1v) is 16.2. The Balaban J connectivity index is 1.47. The van der Waals surface area contributed by atoms with Crippen LogP contribution in [-0.4, -0.2) is 42.5 Å². The molecule has 5 rings (SSSR count). The molecule has 41 heavy (non-hydrogen) atoms. The minimum atomic E-state index is -2.72. The molecule has 4 aromatic rings. The van der Waals surface area contributed by atoms with Gasteiger partial charge in [-0.3, -0.25) is 0 Å². The van der Waals surface area contributed by atoms with Crippen molar-refractivity contribution in [3.63, 3.8) is 0 Å². The number of aromatic nitrogens is 3. The van der Waals surface area contributed by atoms with E-state index in [9.17, 15) is 0 Å². The number of nitrogens with zero attached hydrogens (tertiary/aromatic N) is 3. The number of hydrogen-bond acceptors (Lipinski definition) is 8. The summed E-state index contributed by atoms with van der Waals surface area (Å²) in [6, 6.07) is 25.3. The number of nitrogens with two attached hydrogens (primary N) is 1. The van der Waals surface area contributed by atoms with Crippen molar-refractivity contribution in [2.75, 3.05) is 23.5 Å². The number of pyridine rings is 1. The summed E-state index contributed by atoms with van der Waals surface area (Å²) in [5.41, 5.74) is 7.56. The highest BCUT2D eigenvalue weighted by molar-refractivity contribution is 6.99. The molecule has 1 saturated carbocycles. The first kappa shape index (κ1) is 28.6. The topological polar surface area (TPSA) is 107 Å². The van der Waals surface area contributed by atoms with Crippen LogP contribution in [0.15, 0.2) is 85.2 Å². The van der Waals surface area contributed by atoms with Crippen LogP contribution < -0.4 is 31.5 Å². The van der Waals surface area contributed by atoms with E-state index < -0.39 is 8.32 Å². The molecule has 0 saturated heterocycles. The number of ether oxygens (including phenoxy) is 1. The number of hydrogen-bond donors (Lipinski definition) is 3. The minimum absolute atomic E-state index is 0.0146. The van der Waals surface area contributed by atoms with Crippen LogP contribution in [0.2, 0.25) is 5.04 Å². The summed E-state index contributed by atoms with van der Waals surface area (Å²) in [4.78, 5) is 13.4. The van der Waals surface area contributed by atoms with Gasteiger partial charge in [-0.05, 0) is 40.4 Å². The number of methoxy groups -OCH3 is 1. The molecule has 9 heteroatoms. The third-order valence-electron chi connectivity index (χ3n) is 7.80. The van der Waals surface area contributed by atoms with Gasteiger partial charge in [0.1, 0.15) is 5.69 Å². The van der Waals surface area contributed by atoms with Gasteiger partial charge in [-0.25, -0.2) is 9.97 Å². The summed E-state index contributed by atoms with van der Waals surface area (Å²) < 4.78 is 12.9. The van der Waals surface area contributed by atoms with Crippen molar-refractivity contribution in [1.29, 1.82) is 0 Å². The molecule has 0 bridgehead atoms. The summed E-state index contributed by atoms with van der Waals surface area (Å²) in [7, 11) is -1.14. The molecule has 1 fully saturated rings. The van der Waals surface area contributed by atoms with Crippen LogP contribution in [0.25, 0.3) is 0 Å². The molecule has 0 spiro atoms. The number of nitrogen functional groups attached to an aromatic ring is 1. The molecule has 2 atom stereocenters. The van der Waals surface area contributed by atoms with E-state index in [2.05, 4.69) is 102 Å². The molecule has 0 radical (unpaired) electrons. The van der Waals surface area contributed by atoms with Crippen LogP contribution in [0.3, 0.4) is 0 Å². The molecular formula is C32H40N6O2Si. The van der Waals surface area contributed by atoms with E-state index in [4.69, 9.17) is 19.9 Å². The molecule has 2 aromatic heterocycles. The molecule has 8 nitrogen and oxygen atoms in total. The van der Waals surface area contributed by atoms with Crippen molar-refractivity contribution < 1.29 is 9.16 Å². The maximum atomic E-state index is 7.55. The Labute approximate surface area is 243 Å². The Morgan fingerprint density at radius 3 is 2.17 bits per heavy atom. The fraction of sp³-hybridized carbons (Fsp3) is 0.344. The molecular weight excluding hydrogens is 528 g/mol. The van der Waals surface area contributed by atoms with E-state index in [-0.39, 0.29) is 17.2 Å². The first-order chi connectivity index (χ1) is 19.8. The summed E-state index contributed by atoms with van der Waals surface area (Å²) in [5.74, 6) is 1.47. The number of anilines is 4. The van der Waals surface area contributed by atoms with Gasteiger partial charge in [0, 0.05) is 6.20 Å². The van der Waals surface area contributed by atoms with Gasteiger partial charge < -0.3 is 25.5 Å². The Hall–Kier alpha value is -3.95. The van der Waals surface area contributed by atoms with Gasteiger partial charge in [0.2, 0.25) is 11.8 Å². The fourth-order valence-corrected chi connectivity index (χ4v) is 10.6. The van der Waals surface area contributed by atoms with E-state index in [1.807, 2.05) is 12.1 Å². The smallest absolute Gasteiger partial charge is 0.261 e. The van der Waals surface area contributed by atoms with Gasteiger partial charge >= 0.3 is 0 Å². The van der Waals surface area contributed by atoms with Crippen LogP contribution >= 0.6 is 0 Å². The normalized spacial score (nSPS) is 17.6. The largest absolute Gasteiger partial charge is 0.480 e. The molecule has 1 aliphatic rings. The number of nitrogens with one attached hydrogen (secondary N) is 2. The Bertz CT molecular complexity index is 1390. The third-order valence-corrected chi connectivity index (χ3v) is 12.9. The summed E-state index contributed by atoms with van der Waals surface area (Å²) in [5, 5.41) is 9.33. The fourth-order valence-electron chi connectivity index (χ4n) is 5.83. The lowest BCUT2D eigenvalue weighted by Gasteiger charge is -2.47. The highest BCUT2D eigenvalue weighted by Crippen LogP contribution is 2.40. The predicted molar refractivity (Wildman–Crippen MR) is 169 cm³/mol. The SMILES string of the molecule is COc1ncccc1Nc1ncc(N)c(N[C@H]2CCCC[C@@H]2O[Si](c2ccccc2)(c2ccccc2)C(C)(C)C)n1. The van der Waals surface area contributed by atoms with Crippen molar-refractivity contribution in [1.82, 2.24) is 15.0 Å². The molecule has 2 aromatic carbocycles. The Morgan fingerprint density at radius 2 is 1.54 bits per heavy atom. The number of rotatable bonds is 9.